The normalized spacial score (nSPS) is 10.9. The molecule has 6 heteroatoms. The van der Waals surface area contributed by atoms with E-state index in [0.29, 0.717) is 25.3 Å². The van der Waals surface area contributed by atoms with Crippen molar-refractivity contribution in [3.05, 3.63) is 89.7 Å². The van der Waals surface area contributed by atoms with E-state index in [4.69, 9.17) is 14.5 Å². The molecule has 3 aromatic carbocycles. The topological polar surface area (TPSA) is 65.4 Å². The van der Waals surface area contributed by atoms with Crippen molar-refractivity contribution < 1.29 is 14.3 Å². The molecule has 4 aromatic rings. The van der Waals surface area contributed by atoms with Gasteiger partial charge in [-0.2, -0.15) is 0 Å². The van der Waals surface area contributed by atoms with Gasteiger partial charge in [-0.15, -0.1) is 0 Å². The van der Waals surface area contributed by atoms with Crippen LogP contribution in [-0.2, 0) is 17.8 Å². The Hall–Kier alpha value is -3.80. The summed E-state index contributed by atoms with van der Waals surface area (Å²) < 4.78 is 13.8. The van der Waals surface area contributed by atoms with Crippen LogP contribution in [0.1, 0.15) is 23.4 Å². The highest BCUT2D eigenvalue weighted by Crippen LogP contribution is 2.23. The van der Waals surface area contributed by atoms with Crippen molar-refractivity contribution in [1.82, 2.24) is 14.9 Å². The number of aryl methyl sites for hydroxylation is 3. The summed E-state index contributed by atoms with van der Waals surface area (Å²) in [4.78, 5) is 17.0. The number of hydrogen-bond acceptors (Lipinski definition) is 4. The van der Waals surface area contributed by atoms with Crippen LogP contribution in [-0.4, -0.2) is 35.2 Å². The minimum atomic E-state index is -0.145. The van der Waals surface area contributed by atoms with Crippen molar-refractivity contribution in [2.45, 2.75) is 33.2 Å². The summed E-state index contributed by atoms with van der Waals surface area (Å²) in [6.07, 6.45) is 1.50. The van der Waals surface area contributed by atoms with Crippen molar-refractivity contribution in [2.24, 2.45) is 0 Å². The van der Waals surface area contributed by atoms with E-state index in [-0.39, 0.29) is 12.5 Å². The van der Waals surface area contributed by atoms with Crippen molar-refractivity contribution in [2.75, 3.05) is 19.8 Å². The van der Waals surface area contributed by atoms with Gasteiger partial charge in [0.15, 0.2) is 6.61 Å². The van der Waals surface area contributed by atoms with Gasteiger partial charge in [-0.1, -0.05) is 48.5 Å². The molecule has 0 unspecified atom stereocenters. The molecule has 1 heterocycles. The van der Waals surface area contributed by atoms with Crippen LogP contribution in [0.2, 0.25) is 0 Å². The maximum absolute atomic E-state index is 12.2. The largest absolute Gasteiger partial charge is 0.493 e. The number of imidazole rings is 1. The lowest BCUT2D eigenvalue weighted by Crippen LogP contribution is -2.31. The Bertz CT molecular complexity index is 1210. The van der Waals surface area contributed by atoms with Crippen LogP contribution in [0.5, 0.6) is 11.5 Å². The van der Waals surface area contributed by atoms with Gasteiger partial charge in [-0.05, 0) is 55.7 Å². The lowest BCUT2D eigenvalue weighted by atomic mass is 10.1. The molecule has 0 spiro atoms. The number of aromatic nitrogens is 2. The van der Waals surface area contributed by atoms with Crippen LogP contribution in [0.3, 0.4) is 0 Å². The van der Waals surface area contributed by atoms with E-state index >= 15 is 0 Å². The second kappa shape index (κ2) is 11.4. The molecule has 1 N–H and O–H groups in total. The average molecular weight is 458 g/mol. The fourth-order valence-electron chi connectivity index (χ4n) is 4.02. The zero-order chi connectivity index (χ0) is 23.8. The number of ether oxygens (including phenoxy) is 2. The molecule has 0 saturated carbocycles. The van der Waals surface area contributed by atoms with Crippen molar-refractivity contribution in [1.29, 1.82) is 0 Å². The Morgan fingerprint density at radius 3 is 2.44 bits per heavy atom. The standard InChI is InChI=1S/C28H31N3O3/c1-21-10-8-11-22(2)28(21)33-19-9-18-31-25-15-7-6-14-24(25)30-26(31)16-17-29-27(32)20-34-23-12-4-3-5-13-23/h3-8,10-15H,9,16-20H2,1-2H3,(H,29,32). The number of rotatable bonds is 11. The third-order valence-corrected chi connectivity index (χ3v) is 5.70. The average Bonchev–Trinajstić information content (AvgIpc) is 3.20. The van der Waals surface area contributed by atoms with Gasteiger partial charge in [0.1, 0.15) is 17.3 Å². The molecule has 34 heavy (non-hydrogen) atoms. The summed E-state index contributed by atoms with van der Waals surface area (Å²) in [5.41, 5.74) is 4.37. The summed E-state index contributed by atoms with van der Waals surface area (Å²) in [7, 11) is 0. The quantitative estimate of drug-likeness (QED) is 0.327. The zero-order valence-corrected chi connectivity index (χ0v) is 19.8. The first kappa shape index (κ1) is 23.4. The highest BCUT2D eigenvalue weighted by atomic mass is 16.5. The van der Waals surface area contributed by atoms with Gasteiger partial charge < -0.3 is 19.4 Å². The molecule has 176 valence electrons. The van der Waals surface area contributed by atoms with Gasteiger partial charge in [0, 0.05) is 19.5 Å². The number of amides is 1. The first-order chi connectivity index (χ1) is 16.6. The van der Waals surface area contributed by atoms with E-state index in [1.807, 2.05) is 54.6 Å². The molecule has 0 aliphatic carbocycles. The van der Waals surface area contributed by atoms with Crippen molar-refractivity contribution in [3.8, 4) is 11.5 Å². The van der Waals surface area contributed by atoms with Gasteiger partial charge >= 0.3 is 0 Å². The monoisotopic (exact) mass is 457 g/mol. The van der Waals surface area contributed by atoms with Gasteiger partial charge in [0.05, 0.1) is 17.6 Å². The molecule has 0 aliphatic heterocycles. The predicted molar refractivity (Wildman–Crippen MR) is 134 cm³/mol. The van der Waals surface area contributed by atoms with Crippen molar-refractivity contribution >= 4 is 16.9 Å². The van der Waals surface area contributed by atoms with E-state index in [1.54, 1.807) is 0 Å². The fraction of sp³-hybridized carbons (Fsp3) is 0.286. The van der Waals surface area contributed by atoms with Gasteiger partial charge in [-0.3, -0.25) is 4.79 Å². The number of carbonyl (C=O) groups excluding carboxylic acids is 1. The van der Waals surface area contributed by atoms with Gasteiger partial charge in [0.2, 0.25) is 0 Å². The minimum absolute atomic E-state index is 0.00388. The third-order valence-electron chi connectivity index (χ3n) is 5.70. The molecule has 6 nitrogen and oxygen atoms in total. The molecular formula is C28H31N3O3. The Kier molecular flexibility index (Phi) is 7.81. The Morgan fingerprint density at radius 2 is 1.65 bits per heavy atom. The Morgan fingerprint density at radius 1 is 0.912 bits per heavy atom. The second-order valence-electron chi connectivity index (χ2n) is 8.29. The molecule has 0 saturated heterocycles. The summed E-state index contributed by atoms with van der Waals surface area (Å²) in [6.45, 7) is 6.07. The molecule has 1 amide bonds. The summed E-state index contributed by atoms with van der Waals surface area (Å²) >= 11 is 0. The molecule has 0 aliphatic rings. The number of hydrogen-bond donors (Lipinski definition) is 1. The molecular weight excluding hydrogens is 426 g/mol. The second-order valence-corrected chi connectivity index (χ2v) is 8.29. The summed E-state index contributed by atoms with van der Waals surface area (Å²) in [5, 5.41) is 2.93. The lowest BCUT2D eigenvalue weighted by Gasteiger charge is -2.13. The number of benzene rings is 3. The lowest BCUT2D eigenvalue weighted by molar-refractivity contribution is -0.123. The Balaban J connectivity index is 1.32. The zero-order valence-electron chi connectivity index (χ0n) is 19.8. The summed E-state index contributed by atoms with van der Waals surface area (Å²) in [6, 6.07) is 23.7. The van der Waals surface area contributed by atoms with E-state index in [9.17, 15) is 4.79 Å². The van der Waals surface area contributed by atoms with Crippen LogP contribution in [0.4, 0.5) is 0 Å². The SMILES string of the molecule is Cc1cccc(C)c1OCCCn1c(CCNC(=O)COc2ccccc2)nc2ccccc21. The van der Waals surface area contributed by atoms with E-state index in [2.05, 4.69) is 41.9 Å². The summed E-state index contributed by atoms with van der Waals surface area (Å²) in [5.74, 6) is 2.47. The van der Waals surface area contributed by atoms with Crippen molar-refractivity contribution in [3.63, 3.8) is 0 Å². The van der Waals surface area contributed by atoms with Crippen LogP contribution in [0, 0.1) is 13.8 Å². The van der Waals surface area contributed by atoms with Gasteiger partial charge in [0.25, 0.3) is 5.91 Å². The van der Waals surface area contributed by atoms with Crippen LogP contribution < -0.4 is 14.8 Å². The van der Waals surface area contributed by atoms with Gasteiger partial charge in [-0.25, -0.2) is 4.98 Å². The molecule has 1 aromatic heterocycles. The molecule has 0 radical (unpaired) electrons. The van der Waals surface area contributed by atoms with Crippen LogP contribution in [0.25, 0.3) is 11.0 Å². The third kappa shape index (κ3) is 5.95. The highest BCUT2D eigenvalue weighted by Gasteiger charge is 2.11. The Labute approximate surface area is 200 Å². The number of nitrogens with one attached hydrogen (secondary N) is 1. The predicted octanol–water partition coefficient (Wildman–Crippen LogP) is 4.86. The first-order valence-electron chi connectivity index (χ1n) is 11.7. The molecule has 4 rings (SSSR count). The van der Waals surface area contributed by atoms with E-state index in [0.717, 1.165) is 46.7 Å². The molecule has 0 bridgehead atoms. The molecule has 0 atom stereocenters. The highest BCUT2D eigenvalue weighted by molar-refractivity contribution is 5.77. The van der Waals surface area contributed by atoms with Crippen LogP contribution in [0.15, 0.2) is 72.8 Å². The maximum atomic E-state index is 12.2. The minimum Gasteiger partial charge on any atom is -0.493 e. The van der Waals surface area contributed by atoms with E-state index in [1.165, 1.54) is 0 Å². The van der Waals surface area contributed by atoms with Crippen LogP contribution >= 0.6 is 0 Å². The smallest absolute Gasteiger partial charge is 0.257 e. The fourth-order valence-corrected chi connectivity index (χ4v) is 4.02. The number of carbonyl (C=O) groups is 1. The van der Waals surface area contributed by atoms with E-state index < -0.39 is 0 Å². The maximum Gasteiger partial charge on any atom is 0.257 e. The number of fused-ring (bicyclic) bond motifs is 1. The number of nitrogens with zero attached hydrogens (tertiary/aromatic N) is 2. The molecule has 0 fully saturated rings. The first-order valence-corrected chi connectivity index (χ1v) is 11.7. The number of para-hydroxylation sites is 4.